The summed E-state index contributed by atoms with van der Waals surface area (Å²) in [7, 11) is 0. The SMILES string of the molecule is CCOCCCC(=O)NCC(C)N. The first-order valence-electron chi connectivity index (χ1n) is 4.76. The number of nitrogens with one attached hydrogen (secondary N) is 1. The summed E-state index contributed by atoms with van der Waals surface area (Å²) in [6.07, 6.45) is 1.30. The fourth-order valence-corrected chi connectivity index (χ4v) is 0.842. The van der Waals surface area contributed by atoms with Gasteiger partial charge in [0.05, 0.1) is 0 Å². The lowest BCUT2D eigenvalue weighted by Crippen LogP contribution is -2.35. The highest BCUT2D eigenvalue weighted by molar-refractivity contribution is 5.75. The maximum absolute atomic E-state index is 11.1. The molecule has 0 rings (SSSR count). The van der Waals surface area contributed by atoms with E-state index in [-0.39, 0.29) is 11.9 Å². The van der Waals surface area contributed by atoms with Gasteiger partial charge in [-0.2, -0.15) is 0 Å². The molecule has 3 N–H and O–H groups in total. The van der Waals surface area contributed by atoms with E-state index in [2.05, 4.69) is 5.32 Å². The fraction of sp³-hybridized carbons (Fsp3) is 0.889. The molecule has 1 atom stereocenters. The smallest absolute Gasteiger partial charge is 0.220 e. The first kappa shape index (κ1) is 12.4. The molecule has 0 aromatic rings. The number of carbonyl (C=O) groups is 1. The zero-order valence-corrected chi connectivity index (χ0v) is 8.51. The van der Waals surface area contributed by atoms with Gasteiger partial charge in [-0.05, 0) is 20.3 Å². The van der Waals surface area contributed by atoms with Crippen LogP contribution in [-0.4, -0.2) is 31.7 Å². The van der Waals surface area contributed by atoms with Crippen LogP contribution in [0.25, 0.3) is 0 Å². The maximum atomic E-state index is 11.1. The van der Waals surface area contributed by atoms with Crippen molar-refractivity contribution in [2.75, 3.05) is 19.8 Å². The summed E-state index contributed by atoms with van der Waals surface area (Å²) >= 11 is 0. The minimum absolute atomic E-state index is 0.0239. The number of amides is 1. The Bertz CT molecular complexity index is 138. The highest BCUT2D eigenvalue weighted by Crippen LogP contribution is 1.90. The van der Waals surface area contributed by atoms with E-state index in [1.54, 1.807) is 0 Å². The number of carbonyl (C=O) groups excluding carboxylic acids is 1. The van der Waals surface area contributed by atoms with Gasteiger partial charge in [-0.3, -0.25) is 4.79 Å². The summed E-state index contributed by atoms with van der Waals surface area (Å²) < 4.78 is 5.10. The van der Waals surface area contributed by atoms with Gasteiger partial charge in [-0.1, -0.05) is 0 Å². The topological polar surface area (TPSA) is 64.3 Å². The summed E-state index contributed by atoms with van der Waals surface area (Å²) in [5.41, 5.74) is 5.48. The summed E-state index contributed by atoms with van der Waals surface area (Å²) in [6, 6.07) is 0.0239. The Labute approximate surface area is 79.8 Å². The predicted octanol–water partition coefficient (Wildman–Crippen LogP) is 0.267. The van der Waals surface area contributed by atoms with Gasteiger partial charge < -0.3 is 15.8 Å². The summed E-state index contributed by atoms with van der Waals surface area (Å²) in [5.74, 6) is 0.0528. The molecule has 0 aromatic carbocycles. The Hall–Kier alpha value is -0.610. The van der Waals surface area contributed by atoms with Gasteiger partial charge in [0.2, 0.25) is 5.91 Å². The van der Waals surface area contributed by atoms with Gasteiger partial charge >= 0.3 is 0 Å². The molecule has 0 spiro atoms. The molecule has 1 unspecified atom stereocenters. The molecule has 13 heavy (non-hydrogen) atoms. The monoisotopic (exact) mass is 188 g/mol. The predicted molar refractivity (Wildman–Crippen MR) is 52.4 cm³/mol. The average molecular weight is 188 g/mol. The minimum Gasteiger partial charge on any atom is -0.382 e. The molecule has 0 saturated heterocycles. The van der Waals surface area contributed by atoms with Crippen molar-refractivity contribution >= 4 is 5.91 Å². The van der Waals surface area contributed by atoms with Gasteiger partial charge in [0.25, 0.3) is 0 Å². The van der Waals surface area contributed by atoms with E-state index in [1.807, 2.05) is 13.8 Å². The van der Waals surface area contributed by atoms with Crippen molar-refractivity contribution in [2.45, 2.75) is 32.7 Å². The summed E-state index contributed by atoms with van der Waals surface area (Å²) in [6.45, 7) is 5.72. The molecule has 0 heterocycles. The molecule has 0 fully saturated rings. The average Bonchev–Trinajstić information content (AvgIpc) is 2.09. The Morgan fingerprint density at radius 1 is 1.62 bits per heavy atom. The van der Waals surface area contributed by atoms with E-state index in [4.69, 9.17) is 10.5 Å². The second-order valence-corrected chi connectivity index (χ2v) is 3.08. The molecular weight excluding hydrogens is 168 g/mol. The number of rotatable bonds is 7. The minimum atomic E-state index is 0.0239. The van der Waals surface area contributed by atoms with Crippen LogP contribution >= 0.6 is 0 Å². The van der Waals surface area contributed by atoms with E-state index in [9.17, 15) is 4.79 Å². The first-order valence-corrected chi connectivity index (χ1v) is 4.76. The first-order chi connectivity index (χ1) is 6.16. The van der Waals surface area contributed by atoms with Crippen molar-refractivity contribution in [3.05, 3.63) is 0 Å². The molecule has 0 aliphatic carbocycles. The number of hydrogen-bond donors (Lipinski definition) is 2. The lowest BCUT2D eigenvalue weighted by atomic mass is 10.3. The zero-order chi connectivity index (χ0) is 10.1. The molecule has 1 amide bonds. The third-order valence-electron chi connectivity index (χ3n) is 1.52. The Morgan fingerprint density at radius 3 is 2.85 bits per heavy atom. The van der Waals surface area contributed by atoms with Crippen molar-refractivity contribution < 1.29 is 9.53 Å². The second-order valence-electron chi connectivity index (χ2n) is 3.08. The molecular formula is C9H20N2O2. The maximum Gasteiger partial charge on any atom is 0.220 e. The zero-order valence-electron chi connectivity index (χ0n) is 8.51. The normalized spacial score (nSPS) is 12.5. The van der Waals surface area contributed by atoms with Crippen molar-refractivity contribution in [3.63, 3.8) is 0 Å². The molecule has 0 aromatic heterocycles. The molecule has 4 nitrogen and oxygen atoms in total. The second kappa shape index (κ2) is 8.01. The fourth-order valence-electron chi connectivity index (χ4n) is 0.842. The molecule has 78 valence electrons. The van der Waals surface area contributed by atoms with E-state index < -0.39 is 0 Å². The molecule has 4 heteroatoms. The summed E-state index contributed by atoms with van der Waals surface area (Å²) in [4.78, 5) is 11.1. The standard InChI is InChI=1S/C9H20N2O2/c1-3-13-6-4-5-9(12)11-7-8(2)10/h8H,3-7,10H2,1-2H3,(H,11,12). The molecule has 0 bridgehead atoms. The molecule has 0 aliphatic heterocycles. The van der Waals surface area contributed by atoms with Crippen molar-refractivity contribution in [1.82, 2.24) is 5.32 Å². The lowest BCUT2D eigenvalue weighted by Gasteiger charge is -2.07. The molecule has 0 aliphatic rings. The van der Waals surface area contributed by atoms with Crippen molar-refractivity contribution in [1.29, 1.82) is 0 Å². The van der Waals surface area contributed by atoms with Crippen LogP contribution in [0, 0.1) is 0 Å². The van der Waals surface area contributed by atoms with Crippen LogP contribution in [0.5, 0.6) is 0 Å². The molecule has 0 saturated carbocycles. The van der Waals surface area contributed by atoms with E-state index >= 15 is 0 Å². The summed E-state index contributed by atoms with van der Waals surface area (Å²) in [5, 5.41) is 2.74. The van der Waals surface area contributed by atoms with Crippen LogP contribution in [0.15, 0.2) is 0 Å². The largest absolute Gasteiger partial charge is 0.382 e. The van der Waals surface area contributed by atoms with E-state index in [1.165, 1.54) is 0 Å². The van der Waals surface area contributed by atoms with Gasteiger partial charge in [0.1, 0.15) is 0 Å². The van der Waals surface area contributed by atoms with Crippen LogP contribution < -0.4 is 11.1 Å². The van der Waals surface area contributed by atoms with Gasteiger partial charge in [-0.15, -0.1) is 0 Å². The quantitative estimate of drug-likeness (QED) is 0.563. The van der Waals surface area contributed by atoms with E-state index in [0.29, 0.717) is 26.2 Å². The van der Waals surface area contributed by atoms with Gasteiger partial charge in [0.15, 0.2) is 0 Å². The highest BCUT2D eigenvalue weighted by atomic mass is 16.5. The van der Waals surface area contributed by atoms with Crippen LogP contribution in [0.3, 0.4) is 0 Å². The molecule has 0 radical (unpaired) electrons. The Morgan fingerprint density at radius 2 is 2.31 bits per heavy atom. The third kappa shape index (κ3) is 9.30. The Balaban J connectivity index is 3.20. The van der Waals surface area contributed by atoms with Crippen LogP contribution in [0.1, 0.15) is 26.7 Å². The van der Waals surface area contributed by atoms with Crippen molar-refractivity contribution in [3.8, 4) is 0 Å². The van der Waals surface area contributed by atoms with Crippen LogP contribution in [0.2, 0.25) is 0 Å². The highest BCUT2D eigenvalue weighted by Gasteiger charge is 2.01. The lowest BCUT2D eigenvalue weighted by molar-refractivity contribution is -0.121. The van der Waals surface area contributed by atoms with E-state index in [0.717, 1.165) is 6.42 Å². The van der Waals surface area contributed by atoms with Crippen LogP contribution in [0.4, 0.5) is 0 Å². The van der Waals surface area contributed by atoms with Crippen LogP contribution in [-0.2, 0) is 9.53 Å². The third-order valence-corrected chi connectivity index (χ3v) is 1.52. The Kier molecular flexibility index (Phi) is 7.63. The van der Waals surface area contributed by atoms with Gasteiger partial charge in [-0.25, -0.2) is 0 Å². The number of ether oxygens (including phenoxy) is 1. The number of hydrogen-bond acceptors (Lipinski definition) is 3. The van der Waals surface area contributed by atoms with Crippen molar-refractivity contribution in [2.24, 2.45) is 5.73 Å². The van der Waals surface area contributed by atoms with Gasteiger partial charge in [0, 0.05) is 32.2 Å². The number of nitrogens with two attached hydrogens (primary N) is 1.